The van der Waals surface area contributed by atoms with Crippen molar-refractivity contribution in [3.63, 3.8) is 0 Å². The second-order valence-corrected chi connectivity index (χ2v) is 21.3. The average molecular weight is 1020 g/mol. The molecule has 0 aliphatic heterocycles. The number of rotatable bonds is 58. The van der Waals surface area contributed by atoms with Gasteiger partial charge in [-0.3, -0.25) is 14.4 Å². The highest BCUT2D eigenvalue weighted by atomic mass is 16.6. The molecule has 0 aromatic heterocycles. The zero-order valence-corrected chi connectivity index (χ0v) is 48.7. The van der Waals surface area contributed by atoms with Crippen molar-refractivity contribution in [3.05, 3.63) is 60.8 Å². The van der Waals surface area contributed by atoms with Crippen LogP contribution in [0.3, 0.4) is 0 Å². The van der Waals surface area contributed by atoms with E-state index >= 15 is 0 Å². The van der Waals surface area contributed by atoms with Gasteiger partial charge < -0.3 is 14.2 Å². The van der Waals surface area contributed by atoms with Crippen molar-refractivity contribution in [2.24, 2.45) is 0 Å². The van der Waals surface area contributed by atoms with Crippen molar-refractivity contribution < 1.29 is 28.6 Å². The molecular formula is C67H120O6. The number of ether oxygens (including phenoxy) is 3. The van der Waals surface area contributed by atoms with E-state index in [-0.39, 0.29) is 31.1 Å². The van der Waals surface area contributed by atoms with Crippen LogP contribution in [-0.2, 0) is 28.6 Å². The third-order valence-corrected chi connectivity index (χ3v) is 14.0. The Hall–Kier alpha value is -2.89. The highest BCUT2D eigenvalue weighted by Gasteiger charge is 2.19. The topological polar surface area (TPSA) is 78.9 Å². The predicted octanol–water partition coefficient (Wildman–Crippen LogP) is 21.6. The largest absolute Gasteiger partial charge is 0.462 e. The maximum atomic E-state index is 12.9. The first-order valence-corrected chi connectivity index (χ1v) is 31.8. The second kappa shape index (κ2) is 61.7. The molecule has 424 valence electrons. The third kappa shape index (κ3) is 59.9. The van der Waals surface area contributed by atoms with Crippen LogP contribution in [0.15, 0.2) is 60.8 Å². The van der Waals surface area contributed by atoms with E-state index < -0.39 is 6.10 Å². The summed E-state index contributed by atoms with van der Waals surface area (Å²) in [4.78, 5) is 38.2. The zero-order valence-electron chi connectivity index (χ0n) is 48.7. The summed E-state index contributed by atoms with van der Waals surface area (Å²) in [6.45, 7) is 6.56. The third-order valence-electron chi connectivity index (χ3n) is 14.0. The highest BCUT2D eigenvalue weighted by molar-refractivity contribution is 5.71. The van der Waals surface area contributed by atoms with Crippen LogP contribution in [0.5, 0.6) is 0 Å². The number of hydrogen-bond acceptors (Lipinski definition) is 6. The highest BCUT2D eigenvalue weighted by Crippen LogP contribution is 2.17. The Morgan fingerprint density at radius 3 is 0.836 bits per heavy atom. The lowest BCUT2D eigenvalue weighted by molar-refractivity contribution is -0.167. The number of unbranched alkanes of at least 4 members (excludes halogenated alkanes) is 37. The van der Waals surface area contributed by atoms with Crippen molar-refractivity contribution in [1.82, 2.24) is 0 Å². The van der Waals surface area contributed by atoms with Gasteiger partial charge in [-0.2, -0.15) is 0 Å². The summed E-state index contributed by atoms with van der Waals surface area (Å²) in [6.07, 6.45) is 78.0. The Bertz CT molecular complexity index is 1310. The molecule has 1 atom stereocenters. The number of carbonyl (C=O) groups excluding carboxylic acids is 3. The van der Waals surface area contributed by atoms with E-state index in [1.807, 2.05) is 0 Å². The van der Waals surface area contributed by atoms with E-state index in [9.17, 15) is 14.4 Å². The van der Waals surface area contributed by atoms with Gasteiger partial charge in [0.1, 0.15) is 13.2 Å². The molecule has 6 heteroatoms. The van der Waals surface area contributed by atoms with Gasteiger partial charge in [-0.05, 0) is 64.2 Å². The molecule has 0 aromatic carbocycles. The van der Waals surface area contributed by atoms with E-state index in [0.29, 0.717) is 19.3 Å². The van der Waals surface area contributed by atoms with E-state index in [0.717, 1.165) is 89.9 Å². The normalized spacial score (nSPS) is 12.4. The molecule has 0 saturated carbocycles. The minimum atomic E-state index is -0.771. The van der Waals surface area contributed by atoms with Gasteiger partial charge in [0.2, 0.25) is 0 Å². The zero-order chi connectivity index (χ0) is 52.9. The van der Waals surface area contributed by atoms with E-state index in [4.69, 9.17) is 14.2 Å². The minimum absolute atomic E-state index is 0.0696. The second-order valence-electron chi connectivity index (χ2n) is 21.3. The monoisotopic (exact) mass is 1020 g/mol. The maximum absolute atomic E-state index is 12.9. The Morgan fingerprint density at radius 2 is 0.534 bits per heavy atom. The molecule has 0 aliphatic carbocycles. The molecule has 0 saturated heterocycles. The van der Waals surface area contributed by atoms with Crippen LogP contribution in [-0.4, -0.2) is 37.2 Å². The number of carbonyl (C=O) groups is 3. The molecular weight excluding hydrogens is 901 g/mol. The van der Waals surface area contributed by atoms with Crippen LogP contribution < -0.4 is 0 Å². The van der Waals surface area contributed by atoms with E-state index in [2.05, 4.69) is 81.5 Å². The summed E-state index contributed by atoms with van der Waals surface area (Å²) in [6, 6.07) is 0. The predicted molar refractivity (Wildman–Crippen MR) is 316 cm³/mol. The van der Waals surface area contributed by atoms with Crippen molar-refractivity contribution in [3.8, 4) is 0 Å². The standard InChI is InChI=1S/C67H120O6/c1-4-7-10-13-16-19-22-24-26-28-30-31-32-33-34-35-36-37-38-40-41-43-45-48-51-54-57-60-66(69)72-63-64(62-71-65(68)59-56-53-50-47-21-18-15-12-9-6-3)73-67(70)61-58-55-52-49-46-44-42-39-29-27-25-23-20-17-14-11-8-5-2/h7,10,16,19,24,26,30-31,33-34,64H,4-6,8-9,11-15,17-18,20-23,25,27-29,32,35-63H2,1-3H3/b10-7-,19-16-,26-24-,31-30-,34-33-. The molecule has 0 radical (unpaired) electrons. The average Bonchev–Trinajstić information content (AvgIpc) is 3.39. The first-order valence-electron chi connectivity index (χ1n) is 31.8. The summed E-state index contributed by atoms with van der Waals surface area (Å²) < 4.78 is 16.9. The molecule has 0 fully saturated rings. The van der Waals surface area contributed by atoms with Gasteiger partial charge in [0, 0.05) is 19.3 Å². The van der Waals surface area contributed by atoms with Gasteiger partial charge in [0.25, 0.3) is 0 Å². The summed E-state index contributed by atoms with van der Waals surface area (Å²) in [5, 5.41) is 0. The maximum Gasteiger partial charge on any atom is 0.306 e. The van der Waals surface area contributed by atoms with Crippen LogP contribution >= 0.6 is 0 Å². The molecule has 0 amide bonds. The van der Waals surface area contributed by atoms with Crippen molar-refractivity contribution in [1.29, 1.82) is 0 Å². The first kappa shape index (κ1) is 70.1. The Balaban J connectivity index is 4.20. The fraction of sp³-hybridized carbons (Fsp3) is 0.806. The van der Waals surface area contributed by atoms with Gasteiger partial charge in [-0.15, -0.1) is 0 Å². The van der Waals surface area contributed by atoms with Gasteiger partial charge >= 0.3 is 17.9 Å². The van der Waals surface area contributed by atoms with Gasteiger partial charge in [0.05, 0.1) is 0 Å². The molecule has 0 bridgehead atoms. The lowest BCUT2D eigenvalue weighted by Gasteiger charge is -2.18. The fourth-order valence-corrected chi connectivity index (χ4v) is 9.30. The number of esters is 3. The SMILES string of the molecule is CC/C=C\C/C=C\C/C=C\C/C=C\C/C=C\CCCCCCCCCCCCCC(=O)OCC(COC(=O)CCCCCCCCCCCC)OC(=O)CCCCCCCCCCCCCCCCCCCC. The molecule has 0 spiro atoms. The van der Waals surface area contributed by atoms with Crippen molar-refractivity contribution >= 4 is 17.9 Å². The van der Waals surface area contributed by atoms with Gasteiger partial charge in [-0.1, -0.05) is 306 Å². The molecule has 1 unspecified atom stereocenters. The molecule has 0 aliphatic rings. The van der Waals surface area contributed by atoms with Crippen LogP contribution in [0.4, 0.5) is 0 Å². The van der Waals surface area contributed by atoms with Crippen LogP contribution in [0.25, 0.3) is 0 Å². The first-order chi connectivity index (χ1) is 36.0. The van der Waals surface area contributed by atoms with E-state index in [1.165, 1.54) is 199 Å². The molecule has 6 nitrogen and oxygen atoms in total. The van der Waals surface area contributed by atoms with E-state index in [1.54, 1.807) is 0 Å². The smallest absolute Gasteiger partial charge is 0.306 e. The molecule has 73 heavy (non-hydrogen) atoms. The quantitative estimate of drug-likeness (QED) is 0.0261. The molecule has 0 rings (SSSR count). The molecule has 0 aromatic rings. The van der Waals surface area contributed by atoms with Gasteiger partial charge in [-0.25, -0.2) is 0 Å². The van der Waals surface area contributed by atoms with Gasteiger partial charge in [0.15, 0.2) is 6.10 Å². The number of allylic oxidation sites excluding steroid dienone is 10. The summed E-state index contributed by atoms with van der Waals surface area (Å²) >= 11 is 0. The Labute approximate surface area is 453 Å². The van der Waals surface area contributed by atoms with Crippen LogP contribution in [0, 0.1) is 0 Å². The lowest BCUT2D eigenvalue weighted by atomic mass is 10.0. The Morgan fingerprint density at radius 1 is 0.288 bits per heavy atom. The lowest BCUT2D eigenvalue weighted by Crippen LogP contribution is -2.30. The van der Waals surface area contributed by atoms with Crippen LogP contribution in [0.1, 0.15) is 329 Å². The Kier molecular flexibility index (Phi) is 59.2. The molecule has 0 N–H and O–H groups in total. The fourth-order valence-electron chi connectivity index (χ4n) is 9.30. The van der Waals surface area contributed by atoms with Crippen molar-refractivity contribution in [2.45, 2.75) is 335 Å². The minimum Gasteiger partial charge on any atom is -0.462 e. The summed E-state index contributed by atoms with van der Waals surface area (Å²) in [5.41, 5.74) is 0. The summed E-state index contributed by atoms with van der Waals surface area (Å²) in [7, 11) is 0. The van der Waals surface area contributed by atoms with Crippen molar-refractivity contribution in [2.75, 3.05) is 13.2 Å². The molecule has 0 heterocycles. The van der Waals surface area contributed by atoms with Crippen LogP contribution in [0.2, 0.25) is 0 Å². The summed E-state index contributed by atoms with van der Waals surface area (Å²) in [5.74, 6) is -0.855. The number of hydrogen-bond donors (Lipinski definition) is 0.